The van der Waals surface area contributed by atoms with E-state index in [2.05, 4.69) is 20.2 Å². The SMILES string of the molecule is COc1cc(-c2cc3ncn(C(F)F)c3c(OCC[C@H]3CNC(=O)C3)n2)ccc1N1CCN(C(C)=O)CC1. The van der Waals surface area contributed by atoms with Crippen LogP contribution in [0.15, 0.2) is 30.6 Å². The van der Waals surface area contributed by atoms with E-state index in [1.165, 1.54) is 0 Å². The Morgan fingerprint density at radius 2 is 2.00 bits per heavy atom. The molecule has 38 heavy (non-hydrogen) atoms. The number of anilines is 1. The number of methoxy groups -OCH3 is 1. The van der Waals surface area contributed by atoms with Crippen molar-refractivity contribution in [2.75, 3.05) is 51.3 Å². The molecule has 10 nitrogen and oxygen atoms in total. The molecule has 5 rings (SSSR count). The number of alkyl halides is 2. The number of fused-ring (bicyclic) bond motifs is 1. The van der Waals surface area contributed by atoms with Crippen molar-refractivity contribution in [1.82, 2.24) is 24.8 Å². The van der Waals surface area contributed by atoms with Gasteiger partial charge in [-0.2, -0.15) is 8.78 Å². The fourth-order valence-corrected chi connectivity index (χ4v) is 4.97. The summed E-state index contributed by atoms with van der Waals surface area (Å²) in [6.45, 7) is 2.23. The number of halogens is 2. The lowest BCUT2D eigenvalue weighted by atomic mass is 10.1. The van der Waals surface area contributed by atoms with Crippen molar-refractivity contribution in [3.05, 3.63) is 30.6 Å². The van der Waals surface area contributed by atoms with Crippen molar-refractivity contribution in [1.29, 1.82) is 0 Å². The largest absolute Gasteiger partial charge is 0.495 e. The van der Waals surface area contributed by atoms with Crippen LogP contribution in [0.25, 0.3) is 22.3 Å². The first-order valence-corrected chi connectivity index (χ1v) is 12.6. The Morgan fingerprint density at radius 1 is 1.21 bits per heavy atom. The molecule has 0 unspecified atom stereocenters. The summed E-state index contributed by atoms with van der Waals surface area (Å²) in [5.74, 6) is 0.909. The van der Waals surface area contributed by atoms with Crippen LogP contribution < -0.4 is 19.7 Å². The normalized spacial score (nSPS) is 17.8. The summed E-state index contributed by atoms with van der Waals surface area (Å²) in [5.41, 5.74) is 2.59. The van der Waals surface area contributed by atoms with Gasteiger partial charge in [-0.05, 0) is 30.5 Å². The molecule has 1 atom stereocenters. The minimum atomic E-state index is -2.80. The van der Waals surface area contributed by atoms with E-state index in [1.54, 1.807) is 20.1 Å². The lowest BCUT2D eigenvalue weighted by Gasteiger charge is -2.36. The van der Waals surface area contributed by atoms with Crippen molar-refractivity contribution in [3.63, 3.8) is 0 Å². The molecular formula is C26H30F2N6O4. The molecule has 2 amide bonds. The Labute approximate surface area is 218 Å². The molecule has 1 aromatic carbocycles. The molecule has 2 aliphatic heterocycles. The van der Waals surface area contributed by atoms with E-state index in [4.69, 9.17) is 9.47 Å². The lowest BCUT2D eigenvalue weighted by Crippen LogP contribution is -2.48. The predicted octanol–water partition coefficient (Wildman–Crippen LogP) is 3.08. The van der Waals surface area contributed by atoms with E-state index in [1.807, 2.05) is 23.1 Å². The average Bonchev–Trinajstić information content (AvgIpc) is 3.54. The van der Waals surface area contributed by atoms with E-state index in [9.17, 15) is 18.4 Å². The number of carbonyl (C=O) groups excluding carboxylic acids is 2. The Balaban J connectivity index is 1.42. The van der Waals surface area contributed by atoms with Gasteiger partial charge < -0.3 is 24.6 Å². The number of ether oxygens (including phenoxy) is 2. The summed E-state index contributed by atoms with van der Waals surface area (Å²) < 4.78 is 39.7. The highest BCUT2D eigenvalue weighted by atomic mass is 19.3. The molecule has 0 spiro atoms. The zero-order valence-electron chi connectivity index (χ0n) is 21.3. The maximum absolute atomic E-state index is 13.7. The van der Waals surface area contributed by atoms with Gasteiger partial charge in [-0.3, -0.25) is 14.2 Å². The summed E-state index contributed by atoms with van der Waals surface area (Å²) in [6, 6.07) is 7.34. The number of pyridine rings is 1. The molecule has 0 radical (unpaired) electrons. The molecular weight excluding hydrogens is 498 g/mol. The molecule has 2 fully saturated rings. The first-order chi connectivity index (χ1) is 18.3. The third kappa shape index (κ3) is 5.20. The van der Waals surface area contributed by atoms with Gasteiger partial charge in [0.2, 0.25) is 17.7 Å². The summed E-state index contributed by atoms with van der Waals surface area (Å²) in [7, 11) is 1.59. The third-order valence-electron chi connectivity index (χ3n) is 7.10. The summed E-state index contributed by atoms with van der Waals surface area (Å²) in [4.78, 5) is 35.9. The third-order valence-corrected chi connectivity index (χ3v) is 7.10. The first kappa shape index (κ1) is 25.7. The first-order valence-electron chi connectivity index (χ1n) is 12.6. The quantitative estimate of drug-likeness (QED) is 0.480. The molecule has 12 heteroatoms. The molecule has 2 aliphatic rings. The van der Waals surface area contributed by atoms with Crippen LogP contribution in [0.5, 0.6) is 11.6 Å². The molecule has 202 valence electrons. The van der Waals surface area contributed by atoms with Crippen molar-refractivity contribution in [2.45, 2.75) is 26.3 Å². The van der Waals surface area contributed by atoms with Gasteiger partial charge in [-0.15, -0.1) is 0 Å². The smallest absolute Gasteiger partial charge is 0.320 e. The number of imidazole rings is 1. The van der Waals surface area contributed by atoms with Crippen molar-refractivity contribution >= 4 is 28.5 Å². The predicted molar refractivity (Wildman–Crippen MR) is 136 cm³/mol. The van der Waals surface area contributed by atoms with E-state index in [-0.39, 0.29) is 35.7 Å². The van der Waals surface area contributed by atoms with E-state index < -0.39 is 6.55 Å². The van der Waals surface area contributed by atoms with Crippen LogP contribution in [0.3, 0.4) is 0 Å². The van der Waals surface area contributed by atoms with Crippen LogP contribution >= 0.6 is 0 Å². The van der Waals surface area contributed by atoms with Gasteiger partial charge in [-0.25, -0.2) is 9.97 Å². The standard InChI is InChI=1S/C26H30F2N6O4/c1-16(35)32-6-8-33(9-7-32)21-4-3-18(12-22(21)37-2)19-13-20-24(34(15-30-20)26(27)28)25(31-19)38-10-5-17-11-23(36)29-14-17/h3-4,12-13,15,17,26H,5-11,14H2,1-2H3,(H,29,36)/t17-/m1/s1. The molecule has 2 saturated heterocycles. The second-order valence-corrected chi connectivity index (χ2v) is 9.50. The molecule has 4 heterocycles. The van der Waals surface area contributed by atoms with Crippen LogP contribution in [-0.4, -0.2) is 77.7 Å². The maximum atomic E-state index is 13.7. The zero-order valence-corrected chi connectivity index (χ0v) is 21.3. The van der Waals surface area contributed by atoms with Gasteiger partial charge in [-0.1, -0.05) is 6.07 Å². The maximum Gasteiger partial charge on any atom is 0.320 e. The molecule has 3 aromatic rings. The molecule has 0 saturated carbocycles. The van der Waals surface area contributed by atoms with Crippen LogP contribution in [0.1, 0.15) is 26.3 Å². The van der Waals surface area contributed by atoms with Crippen LogP contribution in [0.2, 0.25) is 0 Å². The number of aromatic nitrogens is 3. The van der Waals surface area contributed by atoms with Gasteiger partial charge in [0.25, 0.3) is 0 Å². The van der Waals surface area contributed by atoms with Gasteiger partial charge in [0.1, 0.15) is 17.6 Å². The Morgan fingerprint density at radius 3 is 2.66 bits per heavy atom. The summed E-state index contributed by atoms with van der Waals surface area (Å²) >= 11 is 0. The number of nitrogens with one attached hydrogen (secondary N) is 1. The van der Waals surface area contributed by atoms with E-state index in [0.29, 0.717) is 62.5 Å². The second kappa shape index (κ2) is 10.8. The molecule has 2 aromatic heterocycles. The number of nitrogens with zero attached hydrogens (tertiary/aromatic N) is 5. The fraction of sp³-hybridized carbons (Fsp3) is 0.462. The molecule has 0 aliphatic carbocycles. The van der Waals surface area contributed by atoms with Gasteiger partial charge in [0.05, 0.1) is 30.6 Å². The number of carbonyl (C=O) groups is 2. The minimum Gasteiger partial charge on any atom is -0.495 e. The Kier molecular flexibility index (Phi) is 7.30. The summed E-state index contributed by atoms with van der Waals surface area (Å²) in [5, 5.41) is 2.79. The minimum absolute atomic E-state index is 0.00594. The van der Waals surface area contributed by atoms with Crippen molar-refractivity contribution < 1.29 is 27.8 Å². The van der Waals surface area contributed by atoms with Gasteiger partial charge in [0.15, 0.2) is 0 Å². The second-order valence-electron chi connectivity index (χ2n) is 9.50. The molecule has 1 N–H and O–H groups in total. The average molecular weight is 529 g/mol. The number of piperazine rings is 1. The molecule has 0 bridgehead atoms. The lowest BCUT2D eigenvalue weighted by molar-refractivity contribution is -0.129. The van der Waals surface area contributed by atoms with Crippen molar-refractivity contribution in [2.24, 2.45) is 5.92 Å². The van der Waals surface area contributed by atoms with E-state index in [0.717, 1.165) is 22.1 Å². The zero-order chi connectivity index (χ0) is 26.8. The van der Waals surface area contributed by atoms with Crippen LogP contribution in [-0.2, 0) is 9.59 Å². The van der Waals surface area contributed by atoms with Gasteiger partial charge >= 0.3 is 6.55 Å². The van der Waals surface area contributed by atoms with E-state index >= 15 is 0 Å². The topological polar surface area (TPSA) is 102 Å². The van der Waals surface area contributed by atoms with Crippen LogP contribution in [0, 0.1) is 5.92 Å². The highest BCUT2D eigenvalue weighted by Gasteiger charge is 2.24. The number of rotatable bonds is 8. The monoisotopic (exact) mass is 528 g/mol. The number of hydrogen-bond acceptors (Lipinski definition) is 7. The highest BCUT2D eigenvalue weighted by Crippen LogP contribution is 2.36. The van der Waals surface area contributed by atoms with Gasteiger partial charge in [0, 0.05) is 51.6 Å². The number of amides is 2. The number of benzene rings is 1. The Bertz CT molecular complexity index is 1340. The summed E-state index contributed by atoms with van der Waals surface area (Å²) in [6.07, 6.45) is 2.10. The van der Waals surface area contributed by atoms with Crippen molar-refractivity contribution in [3.8, 4) is 22.9 Å². The Hall–Kier alpha value is -3.96. The highest BCUT2D eigenvalue weighted by molar-refractivity contribution is 5.85. The number of hydrogen-bond donors (Lipinski definition) is 1. The van der Waals surface area contributed by atoms with Crippen LogP contribution in [0.4, 0.5) is 14.5 Å². The fourth-order valence-electron chi connectivity index (χ4n) is 4.97.